The van der Waals surface area contributed by atoms with Gasteiger partial charge in [-0.25, -0.2) is 0 Å². The highest BCUT2D eigenvalue weighted by molar-refractivity contribution is 5.67. The van der Waals surface area contributed by atoms with Crippen molar-refractivity contribution in [1.29, 1.82) is 0 Å². The first-order valence-corrected chi connectivity index (χ1v) is 21.6. The highest BCUT2D eigenvalue weighted by Gasteiger charge is 2.37. The molecular formula is C48H70N2O8. The van der Waals surface area contributed by atoms with Crippen LogP contribution >= 0.6 is 0 Å². The second-order valence-electron chi connectivity index (χ2n) is 17.0. The summed E-state index contributed by atoms with van der Waals surface area (Å²) in [4.78, 5) is 12.1. The van der Waals surface area contributed by atoms with E-state index in [2.05, 4.69) is 42.4 Å². The molecule has 0 aliphatic carbocycles. The molecule has 1 fully saturated rings. The molecule has 2 aromatic rings. The lowest BCUT2D eigenvalue weighted by atomic mass is 9.79. The van der Waals surface area contributed by atoms with Crippen LogP contribution in [0.3, 0.4) is 0 Å². The predicted octanol–water partition coefficient (Wildman–Crippen LogP) is 5.95. The van der Waals surface area contributed by atoms with Gasteiger partial charge in [0.1, 0.15) is 5.75 Å². The van der Waals surface area contributed by atoms with Crippen LogP contribution in [0.15, 0.2) is 71.8 Å². The van der Waals surface area contributed by atoms with Crippen molar-refractivity contribution in [3.63, 3.8) is 0 Å². The molecule has 0 radical (unpaired) electrons. The first kappa shape index (κ1) is 47.2. The number of rotatable bonds is 19. The summed E-state index contributed by atoms with van der Waals surface area (Å²) in [5.41, 5.74) is 3.31. The molecule has 0 bridgehead atoms. The molecule has 1 saturated heterocycles. The Labute approximate surface area is 346 Å². The second-order valence-corrected chi connectivity index (χ2v) is 17.0. The molecule has 0 spiro atoms. The third-order valence-electron chi connectivity index (χ3n) is 12.2. The van der Waals surface area contributed by atoms with E-state index in [0.717, 1.165) is 59.9 Å². The van der Waals surface area contributed by atoms with Crippen LogP contribution in [0.1, 0.15) is 121 Å². The van der Waals surface area contributed by atoms with Gasteiger partial charge in [-0.2, -0.15) is 0 Å². The van der Waals surface area contributed by atoms with Gasteiger partial charge in [-0.05, 0) is 118 Å². The third-order valence-corrected chi connectivity index (χ3v) is 12.2. The van der Waals surface area contributed by atoms with Crippen LogP contribution in [-0.2, 0) is 17.6 Å². The molecule has 0 saturated carbocycles. The van der Waals surface area contributed by atoms with Gasteiger partial charge in [-0.3, -0.25) is 4.79 Å². The summed E-state index contributed by atoms with van der Waals surface area (Å²) in [6.45, 7) is 5.52. The zero-order chi connectivity index (χ0) is 42.1. The van der Waals surface area contributed by atoms with Gasteiger partial charge >= 0.3 is 5.97 Å². The number of fused-ring (bicyclic) bond motifs is 1. The molecule has 9 N–H and O–H groups in total. The number of aliphatic hydroxyl groups excluding tert-OH is 4. The fourth-order valence-electron chi connectivity index (χ4n) is 8.84. The number of carboxylic acid groups (broad SMARTS) is 1. The Balaban J connectivity index is 1.83. The number of unbranched alkanes of at least 4 members (excludes halogenated alkanes) is 2. The summed E-state index contributed by atoms with van der Waals surface area (Å²) in [5, 5.41) is 82.5. The van der Waals surface area contributed by atoms with Gasteiger partial charge in [-0.15, -0.1) is 0 Å². The number of aromatic hydroxyl groups is 1. The van der Waals surface area contributed by atoms with Crippen molar-refractivity contribution in [3.05, 3.63) is 88.5 Å². The molecule has 0 aromatic heterocycles. The summed E-state index contributed by atoms with van der Waals surface area (Å²) < 4.78 is 0. The van der Waals surface area contributed by atoms with Crippen LogP contribution in [0.25, 0.3) is 0 Å². The topological polar surface area (TPSA) is 183 Å². The molecule has 320 valence electrons. The monoisotopic (exact) mass is 803 g/mol. The quantitative estimate of drug-likeness (QED) is 0.0609. The number of aliphatic hydroxyl groups is 5. The molecule has 9 atom stereocenters. The average molecular weight is 803 g/mol. The van der Waals surface area contributed by atoms with E-state index in [1.165, 1.54) is 0 Å². The van der Waals surface area contributed by atoms with Crippen molar-refractivity contribution < 1.29 is 40.5 Å². The average Bonchev–Trinajstić information content (AvgIpc) is 3.33. The van der Waals surface area contributed by atoms with E-state index >= 15 is 0 Å². The maximum absolute atomic E-state index is 12.4. The van der Waals surface area contributed by atoms with Gasteiger partial charge in [0.15, 0.2) is 0 Å². The minimum absolute atomic E-state index is 0.0387. The van der Waals surface area contributed by atoms with Gasteiger partial charge in [0.05, 0.1) is 24.4 Å². The molecule has 2 aromatic carbocycles. The summed E-state index contributed by atoms with van der Waals surface area (Å²) in [7, 11) is 0. The maximum atomic E-state index is 12.4. The van der Waals surface area contributed by atoms with Crippen molar-refractivity contribution >= 4 is 5.97 Å². The van der Waals surface area contributed by atoms with Crippen molar-refractivity contribution in [1.82, 2.24) is 10.6 Å². The Kier molecular flexibility index (Phi) is 19.4. The van der Waals surface area contributed by atoms with E-state index < -0.39 is 42.5 Å². The highest BCUT2D eigenvalue weighted by Crippen LogP contribution is 2.33. The molecule has 10 heteroatoms. The number of nitrogens with one attached hydrogen (secondary N) is 2. The number of phenolic OH excluding ortho intramolecular Hbond substituents is 1. The number of phenols is 1. The highest BCUT2D eigenvalue weighted by atomic mass is 16.4. The van der Waals surface area contributed by atoms with Crippen molar-refractivity contribution in [2.45, 2.75) is 159 Å². The van der Waals surface area contributed by atoms with Crippen LogP contribution in [0.2, 0.25) is 0 Å². The van der Waals surface area contributed by atoms with Gasteiger partial charge in [-0.1, -0.05) is 86.9 Å². The smallest absolute Gasteiger partial charge is 0.303 e. The standard InChI is InChI=1S/C48H70N2O8/c1-4-5-6-14-39(53)27-24-37-23-22-36-12-8-7-11-35(36)13-9-17-46(48(3,58)30-34-19-25-40(54)26-20-34)50-45(42(37)28-41(55)32-52)16-10-15-44-43(29-47(56)57)38(31-51)21-18-33(2)49-44/h7-8,11-12,19-20,24-27,33,38-39,41,43-46,49-55,58H,4-6,10,14-18,21-23,28-32H2,1-3H3,(H,56,57). The molecular weight excluding hydrogens is 733 g/mol. The lowest BCUT2D eigenvalue weighted by Crippen LogP contribution is -2.54. The van der Waals surface area contributed by atoms with E-state index in [9.17, 15) is 40.5 Å². The molecule has 2 aliphatic heterocycles. The molecule has 10 nitrogen and oxygen atoms in total. The van der Waals surface area contributed by atoms with Crippen molar-refractivity contribution in [3.8, 4) is 17.6 Å². The predicted molar refractivity (Wildman–Crippen MR) is 229 cm³/mol. The van der Waals surface area contributed by atoms with E-state index in [1.54, 1.807) is 31.2 Å². The minimum atomic E-state index is -1.32. The summed E-state index contributed by atoms with van der Waals surface area (Å²) in [6.07, 6.45) is 11.1. The number of allylic oxidation sites excluding steroid dienone is 2. The van der Waals surface area contributed by atoms with E-state index in [4.69, 9.17) is 0 Å². The number of hydrogen-bond donors (Lipinski definition) is 9. The molecule has 4 rings (SSSR count). The van der Waals surface area contributed by atoms with Crippen molar-refractivity contribution in [2.24, 2.45) is 11.8 Å². The van der Waals surface area contributed by atoms with Crippen LogP contribution < -0.4 is 10.6 Å². The Morgan fingerprint density at radius 1 is 1.00 bits per heavy atom. The Bertz CT molecular complexity index is 1680. The number of carboxylic acids is 1. The number of aliphatic carboxylic acids is 1. The van der Waals surface area contributed by atoms with Gasteiger partial charge in [0, 0.05) is 55.6 Å². The third kappa shape index (κ3) is 14.9. The van der Waals surface area contributed by atoms with E-state index in [1.807, 2.05) is 30.4 Å². The van der Waals surface area contributed by atoms with Crippen LogP contribution in [0.5, 0.6) is 5.75 Å². The number of aryl methyl sites for hydroxylation is 1. The van der Waals surface area contributed by atoms with Gasteiger partial charge in [0.2, 0.25) is 0 Å². The Morgan fingerprint density at radius 2 is 1.76 bits per heavy atom. The fourth-order valence-corrected chi connectivity index (χ4v) is 8.84. The minimum Gasteiger partial charge on any atom is -0.508 e. The van der Waals surface area contributed by atoms with E-state index in [-0.39, 0.29) is 55.5 Å². The van der Waals surface area contributed by atoms with E-state index in [0.29, 0.717) is 44.9 Å². The number of hydrogen-bond acceptors (Lipinski definition) is 9. The normalized spacial score (nSPS) is 25.3. The number of carbonyl (C=O) groups is 1. The van der Waals surface area contributed by atoms with Crippen LogP contribution in [0, 0.1) is 23.7 Å². The molecule has 0 amide bonds. The van der Waals surface area contributed by atoms with Crippen LogP contribution in [-0.4, -0.2) is 96.9 Å². The van der Waals surface area contributed by atoms with Crippen LogP contribution in [0.4, 0.5) is 0 Å². The first-order valence-electron chi connectivity index (χ1n) is 21.6. The Hall–Kier alpha value is -3.53. The molecule has 58 heavy (non-hydrogen) atoms. The first-order chi connectivity index (χ1) is 27.8. The van der Waals surface area contributed by atoms with Gasteiger partial charge in [0.25, 0.3) is 0 Å². The summed E-state index contributed by atoms with van der Waals surface area (Å²) >= 11 is 0. The molecule has 9 unspecified atom stereocenters. The Morgan fingerprint density at radius 3 is 2.47 bits per heavy atom. The summed E-state index contributed by atoms with van der Waals surface area (Å²) in [6, 6.07) is 13.9. The lowest BCUT2D eigenvalue weighted by molar-refractivity contribution is -0.139. The number of benzene rings is 2. The lowest BCUT2D eigenvalue weighted by Gasteiger charge is -2.38. The zero-order valence-electron chi connectivity index (χ0n) is 35.0. The second kappa shape index (κ2) is 23.9. The fraction of sp³-hybridized carbons (Fsp3) is 0.604. The molecule has 2 aliphatic rings. The summed E-state index contributed by atoms with van der Waals surface area (Å²) in [5.74, 6) is 5.63. The largest absolute Gasteiger partial charge is 0.508 e. The molecule has 2 heterocycles. The maximum Gasteiger partial charge on any atom is 0.303 e. The van der Waals surface area contributed by atoms with Gasteiger partial charge < -0.3 is 46.4 Å². The SMILES string of the molecule is CCCCCC(O)C=CC1=C(CC(O)CO)C(CCCC2NC(C)CCC(CO)C2CC(=O)O)NC(C(C)(O)Cc2ccc(O)cc2)CC#Cc2ccccc2CC1. The van der Waals surface area contributed by atoms with Crippen molar-refractivity contribution in [2.75, 3.05) is 13.2 Å². The zero-order valence-corrected chi connectivity index (χ0v) is 35.0.